The van der Waals surface area contributed by atoms with Crippen LogP contribution in [0.4, 0.5) is 0 Å². The van der Waals surface area contributed by atoms with Gasteiger partial charge in [-0.25, -0.2) is 0 Å². The van der Waals surface area contributed by atoms with Crippen molar-refractivity contribution in [2.75, 3.05) is 0 Å². The zero-order valence-electron chi connectivity index (χ0n) is 17.0. The quantitative estimate of drug-likeness (QED) is 0.574. The highest BCUT2D eigenvalue weighted by molar-refractivity contribution is 6.26. The number of hydrogen-bond acceptors (Lipinski definition) is 5. The van der Waals surface area contributed by atoms with Crippen LogP contribution < -0.4 is 0 Å². The lowest BCUT2D eigenvalue weighted by atomic mass is 9.79. The van der Waals surface area contributed by atoms with Gasteiger partial charge in [-0.15, -0.1) is 0 Å². The maximum Gasteiger partial charge on any atom is 0.190 e. The molecule has 0 aromatic heterocycles. The zero-order chi connectivity index (χ0) is 20.2. The molecule has 0 saturated carbocycles. The Hall–Kier alpha value is -1.49. The maximum atomic E-state index is 12.9. The number of aliphatic hydroxyl groups is 2. The number of hydrogen-bond donors (Lipinski definition) is 2. The lowest BCUT2D eigenvalue weighted by Gasteiger charge is -2.28. The summed E-state index contributed by atoms with van der Waals surface area (Å²) in [4.78, 5) is 38.3. The first-order valence-corrected chi connectivity index (χ1v) is 9.76. The summed E-state index contributed by atoms with van der Waals surface area (Å²) < 4.78 is 0. The summed E-state index contributed by atoms with van der Waals surface area (Å²) in [5, 5.41) is 21.8. The lowest BCUT2D eigenvalue weighted by molar-refractivity contribution is -0.145. The SMILES string of the molecule is CCC(C)C(=O)C1=C(O)C(O)(C(=O)CCC(C)C)[C@@H](CCC(C)C)C1=O. The van der Waals surface area contributed by atoms with Crippen LogP contribution in [0.5, 0.6) is 0 Å². The molecular weight excluding hydrogens is 332 g/mol. The average molecular weight is 366 g/mol. The topological polar surface area (TPSA) is 91.7 Å². The maximum absolute atomic E-state index is 12.9. The van der Waals surface area contributed by atoms with Crippen molar-refractivity contribution in [3.8, 4) is 0 Å². The van der Waals surface area contributed by atoms with E-state index in [1.165, 1.54) is 0 Å². The molecule has 0 spiro atoms. The molecule has 0 fully saturated rings. The highest BCUT2D eigenvalue weighted by atomic mass is 16.3. The molecule has 0 radical (unpaired) electrons. The molecule has 0 aromatic rings. The molecular formula is C21H34O5. The van der Waals surface area contributed by atoms with E-state index in [9.17, 15) is 24.6 Å². The molecule has 2 unspecified atom stereocenters. The monoisotopic (exact) mass is 366 g/mol. The van der Waals surface area contributed by atoms with E-state index in [0.717, 1.165) is 0 Å². The highest BCUT2D eigenvalue weighted by Gasteiger charge is 2.58. The van der Waals surface area contributed by atoms with Gasteiger partial charge in [-0.05, 0) is 31.1 Å². The second-order valence-electron chi connectivity index (χ2n) is 8.41. The third kappa shape index (κ3) is 4.43. The van der Waals surface area contributed by atoms with Crippen molar-refractivity contribution in [1.29, 1.82) is 0 Å². The Morgan fingerprint density at radius 1 is 1.08 bits per heavy atom. The first-order valence-electron chi connectivity index (χ1n) is 9.76. The van der Waals surface area contributed by atoms with Gasteiger partial charge in [0.25, 0.3) is 0 Å². The molecule has 5 heteroatoms. The summed E-state index contributed by atoms with van der Waals surface area (Å²) in [6.07, 6.45) is 2.01. The van der Waals surface area contributed by atoms with Crippen LogP contribution in [0.1, 0.15) is 73.6 Å². The summed E-state index contributed by atoms with van der Waals surface area (Å²) in [5.74, 6) is -3.38. The van der Waals surface area contributed by atoms with Crippen molar-refractivity contribution in [1.82, 2.24) is 0 Å². The molecule has 0 saturated heterocycles. The summed E-state index contributed by atoms with van der Waals surface area (Å²) in [5.41, 5.74) is -2.63. The standard InChI is InChI=1S/C21H34O5/c1-7-14(6)18(23)17-19(24)15(10-8-12(2)3)21(26,20(17)25)16(22)11-9-13(4)5/h12-15,25-26H,7-11H2,1-6H3/t14?,15-,21?/m0/s1. The predicted molar refractivity (Wildman–Crippen MR) is 101 cm³/mol. The summed E-state index contributed by atoms with van der Waals surface area (Å²) in [7, 11) is 0. The van der Waals surface area contributed by atoms with Gasteiger partial charge in [-0.1, -0.05) is 48.0 Å². The Balaban J connectivity index is 3.31. The number of carbonyl (C=O) groups is 3. The molecule has 0 aliphatic heterocycles. The minimum Gasteiger partial charge on any atom is -0.508 e. The number of rotatable bonds is 10. The fourth-order valence-electron chi connectivity index (χ4n) is 3.28. The second-order valence-corrected chi connectivity index (χ2v) is 8.41. The first-order chi connectivity index (χ1) is 12.0. The number of aliphatic hydroxyl groups excluding tert-OH is 1. The third-order valence-electron chi connectivity index (χ3n) is 5.38. The molecule has 1 rings (SSSR count). The summed E-state index contributed by atoms with van der Waals surface area (Å²) >= 11 is 0. The smallest absolute Gasteiger partial charge is 0.190 e. The van der Waals surface area contributed by atoms with E-state index in [4.69, 9.17) is 0 Å². The van der Waals surface area contributed by atoms with Gasteiger partial charge in [-0.3, -0.25) is 14.4 Å². The van der Waals surface area contributed by atoms with Crippen molar-refractivity contribution in [2.45, 2.75) is 79.2 Å². The Morgan fingerprint density at radius 3 is 2.08 bits per heavy atom. The van der Waals surface area contributed by atoms with Crippen LogP contribution in [-0.2, 0) is 14.4 Å². The largest absolute Gasteiger partial charge is 0.508 e. The van der Waals surface area contributed by atoms with Crippen molar-refractivity contribution in [3.63, 3.8) is 0 Å². The first kappa shape index (κ1) is 22.6. The molecule has 3 atom stereocenters. The molecule has 2 N–H and O–H groups in total. The van der Waals surface area contributed by atoms with Crippen LogP contribution in [0.15, 0.2) is 11.3 Å². The van der Waals surface area contributed by atoms with Gasteiger partial charge in [0, 0.05) is 12.3 Å². The lowest BCUT2D eigenvalue weighted by Crippen LogP contribution is -2.47. The number of carbonyl (C=O) groups excluding carboxylic acids is 3. The van der Waals surface area contributed by atoms with Crippen molar-refractivity contribution in [2.24, 2.45) is 23.7 Å². The van der Waals surface area contributed by atoms with Crippen molar-refractivity contribution >= 4 is 17.3 Å². The van der Waals surface area contributed by atoms with Crippen LogP contribution in [0.3, 0.4) is 0 Å². The summed E-state index contributed by atoms with van der Waals surface area (Å²) in [6.45, 7) is 11.4. The normalized spacial score (nSPS) is 24.7. The predicted octanol–water partition coefficient (Wildman–Crippen LogP) is 3.79. The second kappa shape index (κ2) is 8.94. The zero-order valence-corrected chi connectivity index (χ0v) is 17.0. The Morgan fingerprint density at radius 2 is 1.62 bits per heavy atom. The minimum absolute atomic E-state index is 0.0640. The van der Waals surface area contributed by atoms with Crippen LogP contribution in [0, 0.1) is 23.7 Å². The molecule has 148 valence electrons. The highest BCUT2D eigenvalue weighted by Crippen LogP contribution is 2.42. The molecule has 0 bridgehead atoms. The van der Waals surface area contributed by atoms with Crippen molar-refractivity contribution in [3.05, 3.63) is 11.3 Å². The van der Waals surface area contributed by atoms with Crippen LogP contribution >= 0.6 is 0 Å². The molecule has 0 aromatic carbocycles. The average Bonchev–Trinajstić information content (AvgIpc) is 2.76. The minimum atomic E-state index is -2.26. The molecule has 1 aliphatic carbocycles. The number of Topliss-reactive ketones (excluding diaryl/α,β-unsaturated/α-hetero) is 3. The Kier molecular flexibility index (Phi) is 7.75. The van der Waals surface area contributed by atoms with E-state index in [1.54, 1.807) is 6.92 Å². The van der Waals surface area contributed by atoms with Crippen LogP contribution in [0.25, 0.3) is 0 Å². The number of allylic oxidation sites excluding steroid dienone is 1. The van der Waals surface area contributed by atoms with Crippen LogP contribution in [-0.4, -0.2) is 33.2 Å². The Labute approximate surface area is 156 Å². The molecule has 1 aliphatic rings. The van der Waals surface area contributed by atoms with Gasteiger partial charge in [0.1, 0.15) is 11.3 Å². The van der Waals surface area contributed by atoms with E-state index in [2.05, 4.69) is 0 Å². The van der Waals surface area contributed by atoms with Gasteiger partial charge in [-0.2, -0.15) is 0 Å². The van der Waals surface area contributed by atoms with Gasteiger partial charge >= 0.3 is 0 Å². The van der Waals surface area contributed by atoms with Gasteiger partial charge in [0.15, 0.2) is 23.0 Å². The number of ketones is 3. The van der Waals surface area contributed by atoms with Crippen molar-refractivity contribution < 1.29 is 24.6 Å². The van der Waals surface area contributed by atoms with E-state index in [0.29, 0.717) is 19.3 Å². The fourth-order valence-corrected chi connectivity index (χ4v) is 3.28. The molecule has 26 heavy (non-hydrogen) atoms. The van der Waals surface area contributed by atoms with E-state index in [1.807, 2.05) is 34.6 Å². The van der Waals surface area contributed by atoms with Gasteiger partial charge in [0.05, 0.1) is 5.92 Å². The van der Waals surface area contributed by atoms with Crippen LogP contribution in [0.2, 0.25) is 0 Å². The van der Waals surface area contributed by atoms with Gasteiger partial charge in [0.2, 0.25) is 0 Å². The Bertz CT molecular complexity index is 587. The molecule has 5 nitrogen and oxygen atoms in total. The van der Waals surface area contributed by atoms with E-state index in [-0.39, 0.29) is 30.3 Å². The fraction of sp³-hybridized carbons (Fsp3) is 0.762. The van der Waals surface area contributed by atoms with Gasteiger partial charge < -0.3 is 10.2 Å². The molecule has 0 heterocycles. The molecule has 0 amide bonds. The van der Waals surface area contributed by atoms with E-state index >= 15 is 0 Å². The summed E-state index contributed by atoms with van der Waals surface area (Å²) in [6, 6.07) is 0. The van der Waals surface area contributed by atoms with E-state index < -0.39 is 40.5 Å². The third-order valence-corrected chi connectivity index (χ3v) is 5.38.